The lowest BCUT2D eigenvalue weighted by molar-refractivity contribution is -0.141. The summed E-state index contributed by atoms with van der Waals surface area (Å²) in [6.45, 7) is 2.25. The van der Waals surface area contributed by atoms with Crippen LogP contribution in [0.15, 0.2) is 12.3 Å². The molecule has 1 N–H and O–H groups in total. The summed E-state index contributed by atoms with van der Waals surface area (Å²) in [5.41, 5.74) is -1.09. The number of carbonyl (C=O) groups excluding carboxylic acids is 1. The van der Waals surface area contributed by atoms with E-state index in [9.17, 15) is 18.0 Å². The number of aromatic nitrogens is 2. The molecule has 0 radical (unpaired) electrons. The number of hydrogen-bond acceptors (Lipinski definition) is 5. The first kappa shape index (κ1) is 18.9. The summed E-state index contributed by atoms with van der Waals surface area (Å²) in [5, 5.41) is 9.01. The molecule has 3 rings (SSSR count). The molecule has 1 unspecified atom stereocenters. The quantitative estimate of drug-likeness (QED) is 0.877. The number of aliphatic hydroxyl groups is 1. The van der Waals surface area contributed by atoms with Gasteiger partial charge in [-0.15, -0.1) is 0 Å². The van der Waals surface area contributed by atoms with Crippen molar-refractivity contribution in [2.75, 3.05) is 37.7 Å². The summed E-state index contributed by atoms with van der Waals surface area (Å²) < 4.78 is 38.8. The van der Waals surface area contributed by atoms with Crippen LogP contribution in [-0.4, -0.2) is 58.7 Å². The summed E-state index contributed by atoms with van der Waals surface area (Å²) >= 11 is 0. The fraction of sp³-hybridized carbons (Fsp3) is 0.706. The zero-order valence-corrected chi connectivity index (χ0v) is 14.5. The lowest BCUT2D eigenvalue weighted by Crippen LogP contribution is -2.54. The smallest absolute Gasteiger partial charge is 0.396 e. The number of rotatable bonds is 4. The Balaban J connectivity index is 1.76. The lowest BCUT2D eigenvalue weighted by atomic mass is 9.73. The zero-order valence-electron chi connectivity index (χ0n) is 14.5. The molecule has 0 aliphatic carbocycles. The molecule has 1 spiro atoms. The van der Waals surface area contributed by atoms with Gasteiger partial charge in [0, 0.05) is 50.8 Å². The number of anilines is 1. The Morgan fingerprint density at radius 3 is 2.81 bits per heavy atom. The van der Waals surface area contributed by atoms with Crippen LogP contribution in [0.5, 0.6) is 0 Å². The Hall–Kier alpha value is -1.90. The topological polar surface area (TPSA) is 69.6 Å². The van der Waals surface area contributed by atoms with E-state index in [-0.39, 0.29) is 23.9 Å². The normalized spacial score (nSPS) is 24.4. The summed E-state index contributed by atoms with van der Waals surface area (Å²) in [7, 11) is 0. The molecule has 2 aliphatic rings. The number of carbonyl (C=O) groups is 1. The van der Waals surface area contributed by atoms with E-state index < -0.39 is 11.9 Å². The van der Waals surface area contributed by atoms with Gasteiger partial charge in [-0.1, -0.05) is 0 Å². The minimum atomic E-state index is -4.50. The molecule has 6 nitrogen and oxygen atoms in total. The zero-order chi connectivity index (χ0) is 18.8. The molecular formula is C17H23F3N4O2. The molecule has 2 saturated heterocycles. The van der Waals surface area contributed by atoms with Crippen LogP contribution in [0.2, 0.25) is 0 Å². The first-order chi connectivity index (χ1) is 12.3. The van der Waals surface area contributed by atoms with E-state index in [4.69, 9.17) is 5.11 Å². The fourth-order valence-corrected chi connectivity index (χ4v) is 3.94. The van der Waals surface area contributed by atoms with Gasteiger partial charge in [-0.05, 0) is 31.7 Å². The number of hydrogen-bond donors (Lipinski definition) is 1. The molecule has 3 heterocycles. The standard InChI is InChI=1S/C17H23F3N4O2/c18-17(19,20)13-4-7-21-15(22-13)24-8-1-5-16(12-24)6-3-14(26)23(11-16)9-2-10-25/h4,7,25H,1-3,5-6,8-12H2. The average Bonchev–Trinajstić information content (AvgIpc) is 2.62. The maximum Gasteiger partial charge on any atom is 0.433 e. The van der Waals surface area contributed by atoms with Gasteiger partial charge in [-0.3, -0.25) is 4.79 Å². The van der Waals surface area contributed by atoms with Crippen molar-refractivity contribution < 1.29 is 23.1 Å². The Morgan fingerprint density at radius 2 is 2.08 bits per heavy atom. The third-order valence-corrected chi connectivity index (χ3v) is 5.21. The van der Waals surface area contributed by atoms with Gasteiger partial charge in [0.25, 0.3) is 0 Å². The molecule has 9 heteroatoms. The van der Waals surface area contributed by atoms with E-state index in [0.29, 0.717) is 39.0 Å². The molecular weight excluding hydrogens is 349 g/mol. The van der Waals surface area contributed by atoms with Gasteiger partial charge in [0.2, 0.25) is 11.9 Å². The molecule has 26 heavy (non-hydrogen) atoms. The Bertz CT molecular complexity index is 655. The van der Waals surface area contributed by atoms with Crippen LogP contribution in [0.25, 0.3) is 0 Å². The minimum absolute atomic E-state index is 0.0287. The average molecular weight is 372 g/mol. The van der Waals surface area contributed by atoms with Gasteiger partial charge in [0.15, 0.2) is 0 Å². The van der Waals surface area contributed by atoms with Gasteiger partial charge in [-0.2, -0.15) is 13.2 Å². The molecule has 1 aromatic rings. The van der Waals surface area contributed by atoms with E-state index in [0.717, 1.165) is 31.5 Å². The van der Waals surface area contributed by atoms with Crippen molar-refractivity contribution in [1.29, 1.82) is 0 Å². The second-order valence-electron chi connectivity index (χ2n) is 7.16. The van der Waals surface area contributed by atoms with Gasteiger partial charge in [-0.25, -0.2) is 9.97 Å². The van der Waals surface area contributed by atoms with Crippen LogP contribution in [-0.2, 0) is 11.0 Å². The molecule has 144 valence electrons. The highest BCUT2D eigenvalue weighted by molar-refractivity contribution is 5.77. The van der Waals surface area contributed by atoms with Crippen molar-refractivity contribution in [3.05, 3.63) is 18.0 Å². The van der Waals surface area contributed by atoms with Crippen molar-refractivity contribution in [2.24, 2.45) is 5.41 Å². The maximum absolute atomic E-state index is 12.9. The van der Waals surface area contributed by atoms with Crippen LogP contribution < -0.4 is 4.90 Å². The van der Waals surface area contributed by atoms with Crippen LogP contribution in [0.1, 0.15) is 37.8 Å². The van der Waals surface area contributed by atoms with Gasteiger partial charge in [0.1, 0.15) is 5.69 Å². The van der Waals surface area contributed by atoms with Crippen molar-refractivity contribution in [2.45, 2.75) is 38.3 Å². The second kappa shape index (κ2) is 7.38. The van der Waals surface area contributed by atoms with E-state index in [1.807, 2.05) is 0 Å². The first-order valence-electron chi connectivity index (χ1n) is 8.87. The van der Waals surface area contributed by atoms with E-state index in [2.05, 4.69) is 9.97 Å². The van der Waals surface area contributed by atoms with Crippen LogP contribution in [0.4, 0.5) is 19.1 Å². The predicted molar refractivity (Wildman–Crippen MR) is 88.4 cm³/mol. The van der Waals surface area contributed by atoms with Crippen molar-refractivity contribution in [1.82, 2.24) is 14.9 Å². The van der Waals surface area contributed by atoms with Crippen LogP contribution in [0, 0.1) is 5.41 Å². The number of amides is 1. The largest absolute Gasteiger partial charge is 0.433 e. The van der Waals surface area contributed by atoms with E-state index in [1.165, 1.54) is 0 Å². The fourth-order valence-electron chi connectivity index (χ4n) is 3.94. The Labute approximate surface area is 150 Å². The third-order valence-electron chi connectivity index (χ3n) is 5.21. The van der Waals surface area contributed by atoms with Gasteiger partial charge in [0.05, 0.1) is 0 Å². The molecule has 2 fully saturated rings. The molecule has 1 amide bonds. The van der Waals surface area contributed by atoms with Crippen molar-refractivity contribution in [3.8, 4) is 0 Å². The minimum Gasteiger partial charge on any atom is -0.396 e. The number of aliphatic hydroxyl groups excluding tert-OH is 1. The third kappa shape index (κ3) is 4.08. The van der Waals surface area contributed by atoms with Crippen molar-refractivity contribution >= 4 is 11.9 Å². The highest BCUT2D eigenvalue weighted by Crippen LogP contribution is 2.40. The summed E-state index contributed by atoms with van der Waals surface area (Å²) in [5.74, 6) is 0.175. The number of piperidine rings is 2. The van der Waals surface area contributed by atoms with Gasteiger partial charge >= 0.3 is 6.18 Å². The Kier molecular flexibility index (Phi) is 5.36. The highest BCUT2D eigenvalue weighted by Gasteiger charge is 2.42. The number of alkyl halides is 3. The summed E-state index contributed by atoms with van der Waals surface area (Å²) in [4.78, 5) is 23.4. The van der Waals surface area contributed by atoms with E-state index >= 15 is 0 Å². The SMILES string of the molecule is O=C1CCC2(CCCN(c3nccc(C(F)(F)F)n3)C2)CN1CCCO. The molecule has 0 bridgehead atoms. The summed E-state index contributed by atoms with van der Waals surface area (Å²) in [6, 6.07) is 0.874. The lowest BCUT2D eigenvalue weighted by Gasteiger charge is -2.48. The molecule has 0 saturated carbocycles. The second-order valence-corrected chi connectivity index (χ2v) is 7.16. The number of halogens is 3. The van der Waals surface area contributed by atoms with Crippen molar-refractivity contribution in [3.63, 3.8) is 0 Å². The molecule has 1 aromatic heterocycles. The van der Waals surface area contributed by atoms with Gasteiger partial charge < -0.3 is 14.9 Å². The maximum atomic E-state index is 12.9. The number of likely N-dealkylation sites (tertiary alicyclic amines) is 1. The Morgan fingerprint density at radius 1 is 1.27 bits per heavy atom. The molecule has 1 atom stereocenters. The summed E-state index contributed by atoms with van der Waals surface area (Å²) in [6.07, 6.45) is 0.0722. The monoisotopic (exact) mass is 372 g/mol. The first-order valence-corrected chi connectivity index (χ1v) is 8.87. The predicted octanol–water partition coefficient (Wildman–Crippen LogP) is 2.09. The molecule has 2 aliphatic heterocycles. The molecule has 0 aromatic carbocycles. The number of nitrogens with zero attached hydrogens (tertiary/aromatic N) is 4. The highest BCUT2D eigenvalue weighted by atomic mass is 19.4. The van der Waals surface area contributed by atoms with Crippen LogP contribution >= 0.6 is 0 Å². The van der Waals surface area contributed by atoms with Crippen LogP contribution in [0.3, 0.4) is 0 Å². The van der Waals surface area contributed by atoms with E-state index in [1.54, 1.807) is 9.80 Å².